The van der Waals surface area contributed by atoms with Crippen LogP contribution in [0.4, 0.5) is 0 Å². The molecule has 214 valence electrons. The van der Waals surface area contributed by atoms with Crippen molar-refractivity contribution in [3.8, 4) is 46.0 Å². The van der Waals surface area contributed by atoms with Crippen LogP contribution in [-0.4, -0.2) is 43.2 Å². The van der Waals surface area contributed by atoms with Crippen molar-refractivity contribution in [3.63, 3.8) is 0 Å². The topological polar surface area (TPSA) is 102 Å². The van der Waals surface area contributed by atoms with Crippen LogP contribution in [0.25, 0.3) is 0 Å². The number of ether oxygens (including phenoxy) is 4. The number of aliphatic imine (C=N–C) groups is 1. The Hall–Kier alpha value is -4.69. The van der Waals surface area contributed by atoms with Crippen LogP contribution >= 0.6 is 0 Å². The highest BCUT2D eigenvalue weighted by molar-refractivity contribution is 6.07. The number of nitrogens with one attached hydrogen (secondary N) is 1. The molecular weight excluding hydrogens is 532 g/mol. The second-order valence-corrected chi connectivity index (χ2v) is 10.9. The Balaban J connectivity index is 1.43. The number of phenolic OH excluding ortho intramolecular Hbond substituents is 2. The van der Waals surface area contributed by atoms with E-state index < -0.39 is 0 Å². The van der Waals surface area contributed by atoms with Gasteiger partial charge in [-0.2, -0.15) is 0 Å². The average Bonchev–Trinajstić information content (AvgIpc) is 3.00. The fourth-order valence-corrected chi connectivity index (χ4v) is 6.16. The lowest BCUT2D eigenvalue weighted by atomic mass is 9.89. The van der Waals surface area contributed by atoms with E-state index in [-0.39, 0.29) is 17.5 Å². The molecule has 4 aromatic rings. The quantitative estimate of drug-likeness (QED) is 0.273. The molecule has 0 amide bonds. The molecule has 6 bridgehead atoms. The van der Waals surface area contributed by atoms with Crippen LogP contribution in [0.1, 0.15) is 39.4 Å². The second-order valence-electron chi connectivity index (χ2n) is 10.9. The number of hydrogen-bond donors (Lipinski definition) is 3. The van der Waals surface area contributed by atoms with Gasteiger partial charge < -0.3 is 34.5 Å². The summed E-state index contributed by atoms with van der Waals surface area (Å²) in [4.78, 5) is 4.88. The van der Waals surface area contributed by atoms with Crippen LogP contribution in [0.15, 0.2) is 65.7 Å². The molecular formula is C34H32N2O6. The van der Waals surface area contributed by atoms with Gasteiger partial charge in [0.1, 0.15) is 5.75 Å². The third-order valence-corrected chi connectivity index (χ3v) is 8.28. The highest BCUT2D eigenvalue weighted by Gasteiger charge is 2.29. The van der Waals surface area contributed by atoms with E-state index in [1.54, 1.807) is 20.3 Å². The van der Waals surface area contributed by atoms with Gasteiger partial charge in [0.05, 0.1) is 19.9 Å². The zero-order chi connectivity index (χ0) is 28.8. The molecule has 0 saturated heterocycles. The van der Waals surface area contributed by atoms with Crippen molar-refractivity contribution >= 4 is 5.71 Å². The minimum Gasteiger partial charge on any atom is -0.504 e. The van der Waals surface area contributed by atoms with E-state index >= 15 is 0 Å². The lowest BCUT2D eigenvalue weighted by Crippen LogP contribution is -2.31. The number of methoxy groups -OCH3 is 2. The first-order chi connectivity index (χ1) is 20.5. The van der Waals surface area contributed by atoms with Crippen molar-refractivity contribution < 1.29 is 29.2 Å². The summed E-state index contributed by atoms with van der Waals surface area (Å²) >= 11 is 0. The van der Waals surface area contributed by atoms with E-state index in [9.17, 15) is 10.2 Å². The number of benzene rings is 4. The number of aromatic hydroxyl groups is 2. The highest BCUT2D eigenvalue weighted by atomic mass is 16.5. The minimum atomic E-state index is -0.0740. The lowest BCUT2D eigenvalue weighted by molar-refractivity contribution is 0.342. The van der Waals surface area contributed by atoms with E-state index in [2.05, 4.69) is 5.32 Å². The maximum Gasteiger partial charge on any atom is 0.202 e. The molecule has 8 heteroatoms. The standard InChI is InChI=1S/C34H32N2O6/c1-39-29-16-21-9-11-35-25-14-20-5-8-27(37)28(15-20)41-23-6-3-19(4-7-23)13-26-32-22(10-12-36-26)17-31(40-2)33(38)34(32)42-30(29)18-24(21)25/h3-8,15-18,25,35,37-38H,9-14H2,1-2H3/t25-/m1/s1. The first-order valence-electron chi connectivity index (χ1n) is 14.2. The van der Waals surface area contributed by atoms with E-state index in [1.165, 1.54) is 5.56 Å². The zero-order valence-corrected chi connectivity index (χ0v) is 23.6. The highest BCUT2D eigenvalue weighted by Crippen LogP contribution is 2.48. The van der Waals surface area contributed by atoms with Crippen molar-refractivity contribution in [2.45, 2.75) is 31.7 Å². The predicted octanol–water partition coefficient (Wildman–Crippen LogP) is 6.03. The molecule has 0 aromatic heterocycles. The van der Waals surface area contributed by atoms with Gasteiger partial charge in [-0.3, -0.25) is 4.99 Å². The van der Waals surface area contributed by atoms with Crippen LogP contribution in [0.2, 0.25) is 0 Å². The molecule has 0 radical (unpaired) electrons. The van der Waals surface area contributed by atoms with Crippen LogP contribution < -0.4 is 24.3 Å². The molecule has 42 heavy (non-hydrogen) atoms. The Morgan fingerprint density at radius 1 is 0.833 bits per heavy atom. The minimum absolute atomic E-state index is 0.0116. The van der Waals surface area contributed by atoms with Gasteiger partial charge in [-0.15, -0.1) is 0 Å². The Morgan fingerprint density at radius 3 is 2.43 bits per heavy atom. The lowest BCUT2D eigenvalue weighted by Gasteiger charge is -2.29. The molecule has 8 nitrogen and oxygen atoms in total. The SMILES string of the molecule is COc1cc2c3cc1Oc1c(O)c(OC)cc4c1C(=NCC4)Cc1ccc(cc1)Oc1cc(ccc1O)C[C@H]3NCC2. The molecule has 0 fully saturated rings. The average molecular weight is 565 g/mol. The van der Waals surface area contributed by atoms with Crippen molar-refractivity contribution in [1.82, 2.24) is 5.32 Å². The third kappa shape index (κ3) is 4.67. The summed E-state index contributed by atoms with van der Waals surface area (Å²) in [5.74, 6) is 2.81. The van der Waals surface area contributed by atoms with Gasteiger partial charge in [0.25, 0.3) is 0 Å². The molecule has 4 aromatic carbocycles. The summed E-state index contributed by atoms with van der Waals surface area (Å²) in [6.07, 6.45) is 2.75. The molecule has 0 saturated carbocycles. The van der Waals surface area contributed by atoms with Crippen LogP contribution in [0, 0.1) is 0 Å². The molecule has 1 atom stereocenters. The number of nitrogens with zero attached hydrogens (tertiary/aromatic N) is 1. The molecule has 4 aliphatic heterocycles. The van der Waals surface area contributed by atoms with Gasteiger partial charge in [-0.05, 0) is 96.1 Å². The smallest absolute Gasteiger partial charge is 0.202 e. The zero-order valence-electron chi connectivity index (χ0n) is 23.6. The Bertz CT molecular complexity index is 1710. The van der Waals surface area contributed by atoms with Gasteiger partial charge in [0, 0.05) is 24.6 Å². The van der Waals surface area contributed by atoms with Crippen LogP contribution in [0.5, 0.6) is 46.0 Å². The molecule has 0 unspecified atom stereocenters. The number of rotatable bonds is 2. The van der Waals surface area contributed by atoms with E-state index in [4.69, 9.17) is 23.9 Å². The fraction of sp³-hybridized carbons (Fsp3) is 0.265. The maximum atomic E-state index is 11.4. The van der Waals surface area contributed by atoms with Gasteiger partial charge in [-0.1, -0.05) is 18.2 Å². The maximum absolute atomic E-state index is 11.4. The molecule has 0 aliphatic carbocycles. The summed E-state index contributed by atoms with van der Waals surface area (Å²) in [7, 11) is 3.17. The van der Waals surface area contributed by atoms with Crippen molar-refractivity contribution in [1.29, 1.82) is 0 Å². The molecule has 4 aliphatic rings. The normalized spacial score (nSPS) is 17.1. The van der Waals surface area contributed by atoms with Gasteiger partial charge in [0.15, 0.2) is 34.5 Å². The Kier molecular flexibility index (Phi) is 6.63. The fourth-order valence-electron chi connectivity index (χ4n) is 6.16. The summed E-state index contributed by atoms with van der Waals surface area (Å²) in [6, 6.07) is 19.1. The van der Waals surface area contributed by atoms with Crippen LogP contribution in [0.3, 0.4) is 0 Å². The first kappa shape index (κ1) is 26.2. The Morgan fingerprint density at radius 2 is 1.62 bits per heavy atom. The largest absolute Gasteiger partial charge is 0.504 e. The van der Waals surface area contributed by atoms with Gasteiger partial charge >= 0.3 is 0 Å². The van der Waals surface area contributed by atoms with E-state index in [0.29, 0.717) is 60.3 Å². The first-order valence-corrected chi connectivity index (χ1v) is 14.2. The molecule has 4 heterocycles. The van der Waals surface area contributed by atoms with Gasteiger partial charge in [0.2, 0.25) is 5.75 Å². The summed E-state index contributed by atoms with van der Waals surface area (Å²) in [6.45, 7) is 1.45. The van der Waals surface area contributed by atoms with Crippen molar-refractivity contribution in [2.75, 3.05) is 27.3 Å². The predicted molar refractivity (Wildman–Crippen MR) is 159 cm³/mol. The molecule has 3 N–H and O–H groups in total. The molecule has 8 rings (SSSR count). The summed E-state index contributed by atoms with van der Waals surface area (Å²) in [5.41, 5.74) is 6.90. The van der Waals surface area contributed by atoms with Crippen molar-refractivity contribution in [2.24, 2.45) is 4.99 Å². The number of hydrogen-bond acceptors (Lipinski definition) is 8. The second kappa shape index (κ2) is 10.6. The Labute approximate surface area is 244 Å². The monoisotopic (exact) mass is 564 g/mol. The van der Waals surface area contributed by atoms with E-state index in [1.807, 2.05) is 54.6 Å². The summed E-state index contributed by atoms with van der Waals surface area (Å²) < 4.78 is 24.1. The summed E-state index contributed by atoms with van der Waals surface area (Å²) in [5, 5.41) is 25.6. The van der Waals surface area contributed by atoms with Crippen molar-refractivity contribution in [3.05, 3.63) is 94.0 Å². The van der Waals surface area contributed by atoms with Gasteiger partial charge in [-0.25, -0.2) is 0 Å². The number of phenols is 2. The van der Waals surface area contributed by atoms with Crippen LogP contribution in [-0.2, 0) is 25.7 Å². The van der Waals surface area contributed by atoms with E-state index in [0.717, 1.165) is 46.5 Å². The molecule has 0 spiro atoms. The third-order valence-electron chi connectivity index (χ3n) is 8.28. The number of fused-ring (bicyclic) bond motifs is 2.